The molecule has 13 heavy (non-hydrogen) atoms. The molecule has 0 N–H and O–H groups in total. The average Bonchev–Trinajstić information content (AvgIpc) is 1.98. The Kier molecular flexibility index (Phi) is 3.21. The van der Waals surface area contributed by atoms with Gasteiger partial charge in [0.25, 0.3) is 0 Å². The van der Waals surface area contributed by atoms with E-state index in [0.717, 1.165) is 12.1 Å². The van der Waals surface area contributed by atoms with E-state index in [1.54, 1.807) is 0 Å². The van der Waals surface area contributed by atoms with Crippen molar-refractivity contribution in [3.63, 3.8) is 0 Å². The van der Waals surface area contributed by atoms with Crippen LogP contribution in [0.15, 0.2) is 16.6 Å². The minimum atomic E-state index is -4.44. The van der Waals surface area contributed by atoms with E-state index in [1.807, 2.05) is 0 Å². The molecule has 0 saturated carbocycles. The summed E-state index contributed by atoms with van der Waals surface area (Å²) >= 11 is 4.19. The second kappa shape index (κ2) is 3.72. The van der Waals surface area contributed by atoms with Crippen LogP contribution in [0.2, 0.25) is 0 Å². The summed E-state index contributed by atoms with van der Waals surface area (Å²) in [5.74, 6) is -0.697. The molecule has 0 amide bonds. The lowest BCUT2D eigenvalue weighted by Crippen LogP contribution is -2.08. The Hall–Kier alpha value is 0.150. The Bertz CT molecular complexity index is 334. The van der Waals surface area contributed by atoms with Crippen LogP contribution in [0.4, 0.5) is 17.6 Å². The van der Waals surface area contributed by atoms with Crippen molar-refractivity contribution in [2.75, 3.05) is 0 Å². The lowest BCUT2D eigenvalue weighted by molar-refractivity contribution is -0.138. The van der Waals surface area contributed by atoms with Gasteiger partial charge < -0.3 is 0 Å². The fourth-order valence-corrected chi connectivity index (χ4v) is 1.83. The molecular weight excluding hydrogens is 367 g/mol. The van der Waals surface area contributed by atoms with Crippen LogP contribution in [-0.4, -0.2) is 0 Å². The van der Waals surface area contributed by atoms with E-state index >= 15 is 0 Å². The first-order valence-corrected chi connectivity index (χ1v) is 4.92. The fourth-order valence-electron chi connectivity index (χ4n) is 0.745. The molecule has 0 fully saturated rings. The molecule has 0 aliphatic rings. The van der Waals surface area contributed by atoms with Gasteiger partial charge in [-0.25, -0.2) is 4.39 Å². The van der Waals surface area contributed by atoms with E-state index in [0.29, 0.717) is 0 Å². The Morgan fingerprint density at radius 3 is 2.23 bits per heavy atom. The fraction of sp³-hybridized carbons (Fsp3) is 0.143. The number of hydrogen-bond donors (Lipinski definition) is 0. The molecule has 0 aromatic heterocycles. The number of halogens is 6. The van der Waals surface area contributed by atoms with Crippen molar-refractivity contribution in [3.05, 3.63) is 31.6 Å². The van der Waals surface area contributed by atoms with Crippen molar-refractivity contribution >= 4 is 38.5 Å². The lowest BCUT2D eigenvalue weighted by Gasteiger charge is -2.10. The molecule has 0 nitrogen and oxygen atoms in total. The van der Waals surface area contributed by atoms with Gasteiger partial charge in [-0.2, -0.15) is 13.2 Å². The van der Waals surface area contributed by atoms with Gasteiger partial charge in [0.2, 0.25) is 0 Å². The molecule has 0 aliphatic heterocycles. The highest BCUT2D eigenvalue weighted by Crippen LogP contribution is 2.36. The zero-order valence-electron chi connectivity index (χ0n) is 5.92. The van der Waals surface area contributed by atoms with Gasteiger partial charge in [-0.1, -0.05) is 0 Å². The highest BCUT2D eigenvalue weighted by molar-refractivity contribution is 14.1. The summed E-state index contributed by atoms with van der Waals surface area (Å²) in [6, 6.07) is 1.51. The second-order valence-corrected chi connectivity index (χ2v) is 4.09. The van der Waals surface area contributed by atoms with Crippen LogP contribution in [0, 0.1) is 9.39 Å². The number of alkyl halides is 3. The molecule has 0 radical (unpaired) electrons. The van der Waals surface area contributed by atoms with Crippen LogP contribution in [-0.2, 0) is 6.18 Å². The highest BCUT2D eigenvalue weighted by atomic mass is 127. The van der Waals surface area contributed by atoms with E-state index in [-0.39, 0.29) is 8.04 Å². The maximum Gasteiger partial charge on any atom is 0.417 e. The maximum atomic E-state index is 12.7. The van der Waals surface area contributed by atoms with Crippen LogP contribution in [0.25, 0.3) is 0 Å². The van der Waals surface area contributed by atoms with Crippen molar-refractivity contribution < 1.29 is 17.6 Å². The summed E-state index contributed by atoms with van der Waals surface area (Å²) < 4.78 is 49.1. The maximum absolute atomic E-state index is 12.7. The van der Waals surface area contributed by atoms with Crippen LogP contribution < -0.4 is 0 Å². The Balaban J connectivity index is 3.35. The zero-order chi connectivity index (χ0) is 10.2. The Morgan fingerprint density at radius 1 is 1.23 bits per heavy atom. The van der Waals surface area contributed by atoms with Crippen LogP contribution >= 0.6 is 38.5 Å². The third-order valence-corrected chi connectivity index (χ3v) is 3.98. The molecule has 1 aromatic rings. The van der Waals surface area contributed by atoms with Crippen molar-refractivity contribution in [2.24, 2.45) is 0 Å². The molecule has 0 aliphatic carbocycles. The lowest BCUT2D eigenvalue weighted by atomic mass is 10.2. The summed E-state index contributed by atoms with van der Waals surface area (Å²) in [5, 5.41) is 0. The SMILES string of the molecule is Fc1ccc(C(F)(F)F)c(I)c1Br. The molecule has 72 valence electrons. The molecule has 0 bridgehead atoms. The molecule has 0 heterocycles. The number of rotatable bonds is 0. The Morgan fingerprint density at radius 2 is 1.77 bits per heavy atom. The molecule has 0 spiro atoms. The van der Waals surface area contributed by atoms with Crippen LogP contribution in [0.5, 0.6) is 0 Å². The predicted octanol–water partition coefficient (Wildman–Crippen LogP) is 4.21. The van der Waals surface area contributed by atoms with Crippen molar-refractivity contribution in [1.29, 1.82) is 0 Å². The first-order valence-electron chi connectivity index (χ1n) is 3.04. The summed E-state index contributed by atoms with van der Waals surface area (Å²) in [5.41, 5.74) is -0.832. The third kappa shape index (κ3) is 2.34. The minimum Gasteiger partial charge on any atom is -0.206 e. The van der Waals surface area contributed by atoms with Crippen molar-refractivity contribution in [3.8, 4) is 0 Å². The van der Waals surface area contributed by atoms with E-state index < -0.39 is 17.6 Å². The number of benzene rings is 1. The highest BCUT2D eigenvalue weighted by Gasteiger charge is 2.34. The molecule has 0 saturated heterocycles. The standard InChI is InChI=1S/C7H2BrF4I/c8-5-4(9)2-1-3(6(5)13)7(10,11)12/h1-2H. The zero-order valence-corrected chi connectivity index (χ0v) is 9.67. The van der Waals surface area contributed by atoms with Gasteiger partial charge in [0.15, 0.2) is 0 Å². The first kappa shape index (κ1) is 11.2. The van der Waals surface area contributed by atoms with Gasteiger partial charge in [-0.15, -0.1) is 0 Å². The van der Waals surface area contributed by atoms with E-state index in [2.05, 4.69) is 15.9 Å². The number of hydrogen-bond acceptors (Lipinski definition) is 0. The van der Waals surface area contributed by atoms with E-state index in [4.69, 9.17) is 0 Å². The van der Waals surface area contributed by atoms with Gasteiger partial charge in [0.1, 0.15) is 5.82 Å². The normalized spacial score (nSPS) is 11.8. The Labute approximate surface area is 93.6 Å². The quantitative estimate of drug-likeness (QED) is 0.365. The van der Waals surface area contributed by atoms with Gasteiger partial charge in [0.05, 0.1) is 10.0 Å². The molecular formula is C7H2BrF4I. The predicted molar refractivity (Wildman–Crippen MR) is 51.8 cm³/mol. The van der Waals surface area contributed by atoms with Crippen molar-refractivity contribution in [1.82, 2.24) is 0 Å². The van der Waals surface area contributed by atoms with Crippen molar-refractivity contribution in [2.45, 2.75) is 6.18 Å². The second-order valence-electron chi connectivity index (χ2n) is 2.22. The third-order valence-electron chi connectivity index (χ3n) is 1.34. The van der Waals surface area contributed by atoms with E-state index in [9.17, 15) is 17.6 Å². The molecule has 1 rings (SSSR count). The van der Waals surface area contributed by atoms with E-state index in [1.165, 1.54) is 22.6 Å². The molecule has 0 atom stereocenters. The van der Waals surface area contributed by atoms with Gasteiger partial charge in [-0.05, 0) is 50.7 Å². The minimum absolute atomic E-state index is 0.150. The summed E-state index contributed by atoms with van der Waals surface area (Å²) in [7, 11) is 0. The monoisotopic (exact) mass is 368 g/mol. The largest absolute Gasteiger partial charge is 0.417 e. The summed E-state index contributed by atoms with van der Waals surface area (Å²) in [6.45, 7) is 0. The molecule has 6 heteroatoms. The topological polar surface area (TPSA) is 0 Å². The molecule has 0 unspecified atom stereocenters. The average molecular weight is 369 g/mol. The van der Waals surface area contributed by atoms with Gasteiger partial charge in [0, 0.05) is 3.57 Å². The van der Waals surface area contributed by atoms with Gasteiger partial charge >= 0.3 is 6.18 Å². The van der Waals surface area contributed by atoms with Crippen LogP contribution in [0.1, 0.15) is 5.56 Å². The smallest absolute Gasteiger partial charge is 0.206 e. The van der Waals surface area contributed by atoms with Crippen LogP contribution in [0.3, 0.4) is 0 Å². The van der Waals surface area contributed by atoms with Gasteiger partial charge in [-0.3, -0.25) is 0 Å². The summed E-state index contributed by atoms with van der Waals surface area (Å²) in [6.07, 6.45) is -4.44. The summed E-state index contributed by atoms with van der Waals surface area (Å²) in [4.78, 5) is 0. The molecule has 1 aromatic carbocycles. The first-order chi connectivity index (χ1) is 5.84.